The fraction of sp³-hybridized carbons (Fsp3) is 0.857. The monoisotopic (exact) mass is 204 g/mol. The highest BCUT2D eigenvalue weighted by molar-refractivity contribution is 5.19. The number of aliphatic hydroxyl groups is 1. The third-order valence-electron chi connectivity index (χ3n) is 5.35. The van der Waals surface area contributed by atoms with Gasteiger partial charge in [-0.25, -0.2) is 0 Å². The Morgan fingerprint density at radius 1 is 1.13 bits per heavy atom. The van der Waals surface area contributed by atoms with Crippen molar-refractivity contribution < 1.29 is 5.11 Å². The van der Waals surface area contributed by atoms with Gasteiger partial charge in [-0.3, -0.25) is 0 Å². The van der Waals surface area contributed by atoms with Crippen LogP contribution in [0.1, 0.15) is 45.4 Å². The van der Waals surface area contributed by atoms with Crippen molar-refractivity contribution in [1.82, 2.24) is 0 Å². The molecule has 1 N–H and O–H groups in total. The molecule has 4 saturated carbocycles. The van der Waals surface area contributed by atoms with Crippen LogP contribution in [0.4, 0.5) is 0 Å². The van der Waals surface area contributed by atoms with Gasteiger partial charge >= 0.3 is 0 Å². The lowest BCUT2D eigenvalue weighted by atomic mass is 9.45. The van der Waals surface area contributed by atoms with E-state index in [-0.39, 0.29) is 5.41 Å². The number of terminal acetylenes is 1. The molecule has 1 atom stereocenters. The molecule has 15 heavy (non-hydrogen) atoms. The molecule has 0 aliphatic heterocycles. The van der Waals surface area contributed by atoms with Gasteiger partial charge in [0.1, 0.15) is 5.60 Å². The zero-order valence-electron chi connectivity index (χ0n) is 9.50. The van der Waals surface area contributed by atoms with Crippen LogP contribution in [-0.4, -0.2) is 10.7 Å². The fourth-order valence-electron chi connectivity index (χ4n) is 4.86. The van der Waals surface area contributed by atoms with Crippen molar-refractivity contribution in [2.75, 3.05) is 0 Å². The van der Waals surface area contributed by atoms with Gasteiger partial charge in [0.05, 0.1) is 0 Å². The summed E-state index contributed by atoms with van der Waals surface area (Å²) in [4.78, 5) is 0. The second-order valence-corrected chi connectivity index (χ2v) is 6.41. The summed E-state index contributed by atoms with van der Waals surface area (Å²) in [5.41, 5.74) is -0.806. The van der Waals surface area contributed by atoms with Crippen molar-refractivity contribution in [1.29, 1.82) is 0 Å². The molecule has 0 aromatic carbocycles. The van der Waals surface area contributed by atoms with E-state index in [0.29, 0.717) is 0 Å². The van der Waals surface area contributed by atoms with E-state index < -0.39 is 5.60 Å². The Morgan fingerprint density at radius 2 is 1.53 bits per heavy atom. The predicted molar refractivity (Wildman–Crippen MR) is 60.1 cm³/mol. The Hall–Kier alpha value is -0.480. The summed E-state index contributed by atoms with van der Waals surface area (Å²) in [7, 11) is 0. The zero-order chi connectivity index (χ0) is 10.7. The lowest BCUT2D eigenvalue weighted by Crippen LogP contribution is -2.56. The lowest BCUT2D eigenvalue weighted by Gasteiger charge is -2.60. The first kappa shape index (κ1) is 9.73. The topological polar surface area (TPSA) is 20.2 Å². The molecule has 0 radical (unpaired) electrons. The van der Waals surface area contributed by atoms with Crippen molar-refractivity contribution in [3.63, 3.8) is 0 Å². The van der Waals surface area contributed by atoms with Gasteiger partial charge in [0.2, 0.25) is 0 Å². The van der Waals surface area contributed by atoms with Crippen LogP contribution in [0.5, 0.6) is 0 Å². The molecule has 0 saturated heterocycles. The minimum absolute atomic E-state index is 0.0660. The van der Waals surface area contributed by atoms with E-state index in [9.17, 15) is 5.11 Å². The average Bonchev–Trinajstić information content (AvgIpc) is 2.15. The van der Waals surface area contributed by atoms with Gasteiger partial charge in [-0.15, -0.1) is 6.42 Å². The van der Waals surface area contributed by atoms with Crippen LogP contribution < -0.4 is 0 Å². The van der Waals surface area contributed by atoms with Gasteiger partial charge in [0.25, 0.3) is 0 Å². The number of hydrogen-bond acceptors (Lipinski definition) is 1. The summed E-state index contributed by atoms with van der Waals surface area (Å²) >= 11 is 0. The highest BCUT2D eigenvalue weighted by Gasteiger charge is 2.57. The second-order valence-electron chi connectivity index (χ2n) is 6.41. The molecular formula is C14H20O. The lowest BCUT2D eigenvalue weighted by molar-refractivity contribution is -0.143. The molecule has 4 bridgehead atoms. The third-order valence-corrected chi connectivity index (χ3v) is 5.35. The van der Waals surface area contributed by atoms with E-state index in [2.05, 4.69) is 5.92 Å². The zero-order valence-corrected chi connectivity index (χ0v) is 9.50. The van der Waals surface area contributed by atoms with Crippen molar-refractivity contribution in [3.8, 4) is 12.3 Å². The highest BCUT2D eigenvalue weighted by atomic mass is 16.3. The fourth-order valence-corrected chi connectivity index (χ4v) is 4.86. The van der Waals surface area contributed by atoms with Crippen molar-refractivity contribution in [2.45, 2.75) is 51.0 Å². The molecule has 1 heteroatoms. The van der Waals surface area contributed by atoms with E-state index in [1.807, 2.05) is 6.92 Å². The summed E-state index contributed by atoms with van der Waals surface area (Å²) < 4.78 is 0. The van der Waals surface area contributed by atoms with Gasteiger partial charge in [-0.05, 0) is 63.2 Å². The maximum absolute atomic E-state index is 10.5. The molecule has 1 nitrogen and oxygen atoms in total. The molecule has 4 aliphatic carbocycles. The summed E-state index contributed by atoms with van der Waals surface area (Å²) in [5, 5.41) is 10.5. The molecule has 82 valence electrons. The minimum atomic E-state index is -0.872. The molecule has 0 amide bonds. The van der Waals surface area contributed by atoms with Gasteiger partial charge < -0.3 is 5.11 Å². The molecule has 0 heterocycles. The first-order chi connectivity index (χ1) is 7.05. The second kappa shape index (κ2) is 2.80. The van der Waals surface area contributed by atoms with E-state index >= 15 is 0 Å². The molecule has 4 aliphatic rings. The van der Waals surface area contributed by atoms with Gasteiger partial charge in [-0.2, -0.15) is 0 Å². The predicted octanol–water partition coefficient (Wildman–Crippen LogP) is 2.59. The summed E-state index contributed by atoms with van der Waals surface area (Å²) in [6.45, 7) is 1.86. The molecular weight excluding hydrogens is 184 g/mol. The Morgan fingerprint density at radius 3 is 1.87 bits per heavy atom. The van der Waals surface area contributed by atoms with Crippen molar-refractivity contribution in [3.05, 3.63) is 0 Å². The van der Waals surface area contributed by atoms with Crippen LogP contribution in [0, 0.1) is 35.5 Å². The molecule has 0 spiro atoms. The van der Waals surface area contributed by atoms with Crippen LogP contribution >= 0.6 is 0 Å². The van der Waals surface area contributed by atoms with Crippen LogP contribution in [0.2, 0.25) is 0 Å². The summed E-state index contributed by atoms with van der Waals surface area (Å²) in [5.74, 6) is 5.23. The summed E-state index contributed by atoms with van der Waals surface area (Å²) in [6, 6.07) is 0. The molecule has 0 aromatic rings. The highest BCUT2D eigenvalue weighted by Crippen LogP contribution is 2.63. The first-order valence-corrected chi connectivity index (χ1v) is 6.25. The Balaban J connectivity index is 1.97. The maximum Gasteiger partial charge on any atom is 0.128 e. The third kappa shape index (κ3) is 1.21. The van der Waals surface area contributed by atoms with E-state index in [0.717, 1.165) is 17.8 Å². The molecule has 0 aromatic heterocycles. The van der Waals surface area contributed by atoms with Gasteiger partial charge in [0.15, 0.2) is 0 Å². The smallest absolute Gasteiger partial charge is 0.128 e. The minimum Gasteiger partial charge on any atom is -0.377 e. The van der Waals surface area contributed by atoms with Crippen LogP contribution in [0.3, 0.4) is 0 Å². The van der Waals surface area contributed by atoms with Crippen LogP contribution in [0.15, 0.2) is 0 Å². The van der Waals surface area contributed by atoms with Crippen molar-refractivity contribution >= 4 is 0 Å². The molecule has 4 fully saturated rings. The van der Waals surface area contributed by atoms with E-state index in [1.165, 1.54) is 38.5 Å². The largest absolute Gasteiger partial charge is 0.377 e. The maximum atomic E-state index is 10.5. The van der Waals surface area contributed by atoms with Crippen molar-refractivity contribution in [2.24, 2.45) is 23.2 Å². The molecule has 1 unspecified atom stereocenters. The number of hydrogen-bond donors (Lipinski definition) is 1. The average molecular weight is 204 g/mol. The normalized spacial score (nSPS) is 51.1. The Labute approximate surface area is 92.3 Å². The van der Waals surface area contributed by atoms with Gasteiger partial charge in [0, 0.05) is 5.41 Å². The first-order valence-electron chi connectivity index (χ1n) is 6.25. The van der Waals surface area contributed by atoms with Crippen LogP contribution in [-0.2, 0) is 0 Å². The number of rotatable bonds is 1. The van der Waals surface area contributed by atoms with Crippen LogP contribution in [0.25, 0.3) is 0 Å². The SMILES string of the molecule is C#CC(C)(O)C12CC3CC(CC(C3)C1)C2. The van der Waals surface area contributed by atoms with E-state index in [1.54, 1.807) is 0 Å². The Kier molecular flexibility index (Phi) is 1.81. The Bertz CT molecular complexity index is 285. The van der Waals surface area contributed by atoms with Gasteiger partial charge in [-0.1, -0.05) is 5.92 Å². The quantitative estimate of drug-likeness (QED) is 0.651. The molecule has 4 rings (SSSR count). The van der Waals surface area contributed by atoms with E-state index in [4.69, 9.17) is 6.42 Å². The standard InChI is InChI=1S/C14H20O/c1-3-13(2,15)14-7-10-4-11(8-14)6-12(5-10)9-14/h1,10-12,15H,4-9H2,2H3. The summed E-state index contributed by atoms with van der Waals surface area (Å²) in [6.07, 6.45) is 13.3.